The smallest absolute Gasteiger partial charge is 0.110 e. The van der Waals surface area contributed by atoms with Crippen molar-refractivity contribution in [1.82, 2.24) is 9.97 Å². The zero-order valence-corrected chi connectivity index (χ0v) is 12.9. The van der Waals surface area contributed by atoms with E-state index in [4.69, 9.17) is 16.6 Å². The summed E-state index contributed by atoms with van der Waals surface area (Å²) in [7, 11) is 0. The van der Waals surface area contributed by atoms with E-state index in [2.05, 4.69) is 18.0 Å². The zero-order valence-electron chi connectivity index (χ0n) is 12.2. The van der Waals surface area contributed by atoms with E-state index in [9.17, 15) is 0 Å². The number of unbranched alkanes of at least 4 members (excludes halogenated alkanes) is 1. The first-order chi connectivity index (χ1) is 9.78. The molecule has 1 N–H and O–H groups in total. The van der Waals surface area contributed by atoms with Crippen LogP contribution in [0.3, 0.4) is 0 Å². The number of hydrogen-bond acceptors (Lipinski definition) is 1. The van der Waals surface area contributed by atoms with Crippen molar-refractivity contribution in [3.63, 3.8) is 0 Å². The van der Waals surface area contributed by atoms with E-state index in [1.54, 1.807) is 0 Å². The average Bonchev–Trinajstić information content (AvgIpc) is 2.91. The van der Waals surface area contributed by atoms with Crippen molar-refractivity contribution >= 4 is 22.6 Å². The molecule has 3 rings (SSSR count). The third-order valence-corrected chi connectivity index (χ3v) is 4.99. The van der Waals surface area contributed by atoms with Crippen molar-refractivity contribution in [3.05, 3.63) is 29.0 Å². The van der Waals surface area contributed by atoms with Crippen molar-refractivity contribution in [3.8, 4) is 0 Å². The Morgan fingerprint density at radius 3 is 2.75 bits per heavy atom. The van der Waals surface area contributed by atoms with E-state index < -0.39 is 0 Å². The molecular formula is C17H23ClN2. The van der Waals surface area contributed by atoms with Gasteiger partial charge in [0.25, 0.3) is 0 Å². The number of nitrogens with zero attached hydrogens (tertiary/aromatic N) is 1. The Labute approximate surface area is 125 Å². The van der Waals surface area contributed by atoms with Gasteiger partial charge in [0, 0.05) is 5.92 Å². The number of aromatic nitrogens is 2. The highest BCUT2D eigenvalue weighted by Gasteiger charge is 2.24. The Kier molecular flexibility index (Phi) is 4.30. The largest absolute Gasteiger partial charge is 0.342 e. The van der Waals surface area contributed by atoms with E-state index in [1.807, 2.05) is 12.1 Å². The Morgan fingerprint density at radius 1 is 1.25 bits per heavy atom. The van der Waals surface area contributed by atoms with Gasteiger partial charge in [-0.1, -0.05) is 43.9 Å². The first-order valence-corrected chi connectivity index (χ1v) is 8.30. The monoisotopic (exact) mass is 290 g/mol. The predicted molar refractivity (Wildman–Crippen MR) is 85.3 cm³/mol. The van der Waals surface area contributed by atoms with Crippen molar-refractivity contribution in [2.75, 3.05) is 0 Å². The third-order valence-electron chi connectivity index (χ3n) is 4.68. The lowest BCUT2D eigenvalue weighted by Crippen LogP contribution is -2.14. The van der Waals surface area contributed by atoms with Crippen molar-refractivity contribution in [2.45, 2.75) is 57.8 Å². The van der Waals surface area contributed by atoms with E-state index in [0.29, 0.717) is 5.92 Å². The molecule has 1 aromatic carbocycles. The molecule has 1 fully saturated rings. The Hall–Kier alpha value is -1.02. The molecule has 0 unspecified atom stereocenters. The summed E-state index contributed by atoms with van der Waals surface area (Å²) >= 11 is 6.21. The summed E-state index contributed by atoms with van der Waals surface area (Å²) in [5.74, 6) is 2.68. The second kappa shape index (κ2) is 6.17. The molecule has 1 heterocycles. The van der Waals surface area contributed by atoms with Crippen LogP contribution in [0.2, 0.25) is 5.02 Å². The van der Waals surface area contributed by atoms with Gasteiger partial charge in [0.2, 0.25) is 0 Å². The molecule has 0 bridgehead atoms. The van der Waals surface area contributed by atoms with Gasteiger partial charge in [-0.15, -0.1) is 0 Å². The van der Waals surface area contributed by atoms with E-state index in [0.717, 1.165) is 27.8 Å². The quantitative estimate of drug-likeness (QED) is 0.771. The number of aromatic amines is 1. The fourth-order valence-corrected chi connectivity index (χ4v) is 3.64. The number of hydrogen-bond donors (Lipinski definition) is 1. The van der Waals surface area contributed by atoms with Gasteiger partial charge in [-0.05, 0) is 43.7 Å². The highest BCUT2D eigenvalue weighted by molar-refractivity contribution is 6.34. The van der Waals surface area contributed by atoms with Crippen LogP contribution in [0.5, 0.6) is 0 Å². The Morgan fingerprint density at radius 2 is 2.05 bits per heavy atom. The van der Waals surface area contributed by atoms with Crippen molar-refractivity contribution in [2.24, 2.45) is 5.92 Å². The SMILES string of the molecule is CCCCC1CCC(c2nc3c(Cl)cccc3[nH]2)CC1. The van der Waals surface area contributed by atoms with Crippen molar-refractivity contribution in [1.29, 1.82) is 0 Å². The van der Waals surface area contributed by atoms with Gasteiger partial charge in [0.1, 0.15) is 11.3 Å². The summed E-state index contributed by atoms with van der Waals surface area (Å²) in [6.07, 6.45) is 9.37. The molecule has 20 heavy (non-hydrogen) atoms. The fraction of sp³-hybridized carbons (Fsp3) is 0.588. The summed E-state index contributed by atoms with van der Waals surface area (Å²) < 4.78 is 0. The van der Waals surface area contributed by atoms with Crippen LogP contribution in [-0.2, 0) is 0 Å². The fourth-order valence-electron chi connectivity index (χ4n) is 3.43. The predicted octanol–water partition coefficient (Wildman–Crippen LogP) is 5.68. The van der Waals surface area contributed by atoms with Crippen LogP contribution < -0.4 is 0 Å². The molecular weight excluding hydrogens is 268 g/mol. The van der Waals surface area contributed by atoms with Crippen LogP contribution in [0.15, 0.2) is 18.2 Å². The lowest BCUT2D eigenvalue weighted by Gasteiger charge is -2.27. The maximum absolute atomic E-state index is 6.21. The second-order valence-electron chi connectivity index (χ2n) is 6.12. The van der Waals surface area contributed by atoms with Crippen LogP contribution >= 0.6 is 11.6 Å². The highest BCUT2D eigenvalue weighted by atomic mass is 35.5. The number of imidazole rings is 1. The number of para-hydroxylation sites is 1. The molecule has 0 aliphatic heterocycles. The molecule has 1 aliphatic rings. The summed E-state index contributed by atoms with van der Waals surface area (Å²) in [6, 6.07) is 5.95. The lowest BCUT2D eigenvalue weighted by atomic mass is 9.79. The second-order valence-corrected chi connectivity index (χ2v) is 6.53. The normalized spacial score (nSPS) is 23.3. The number of fused-ring (bicyclic) bond motifs is 1. The molecule has 0 atom stereocenters. The summed E-state index contributed by atoms with van der Waals surface area (Å²) in [4.78, 5) is 8.20. The first-order valence-electron chi connectivity index (χ1n) is 7.92. The van der Waals surface area contributed by atoms with Crippen LogP contribution in [0.1, 0.15) is 63.6 Å². The highest BCUT2D eigenvalue weighted by Crippen LogP contribution is 2.37. The van der Waals surface area contributed by atoms with Gasteiger partial charge in [-0.2, -0.15) is 0 Å². The van der Waals surface area contributed by atoms with Gasteiger partial charge in [0.15, 0.2) is 0 Å². The molecule has 1 aromatic heterocycles. The minimum Gasteiger partial charge on any atom is -0.342 e. The average molecular weight is 291 g/mol. The Bertz CT molecular complexity index is 567. The topological polar surface area (TPSA) is 28.7 Å². The summed E-state index contributed by atoms with van der Waals surface area (Å²) in [5, 5.41) is 0.752. The molecule has 108 valence electrons. The lowest BCUT2D eigenvalue weighted by molar-refractivity contribution is 0.299. The number of benzene rings is 1. The zero-order chi connectivity index (χ0) is 13.9. The third kappa shape index (κ3) is 2.85. The van der Waals surface area contributed by atoms with Gasteiger partial charge in [-0.3, -0.25) is 0 Å². The number of rotatable bonds is 4. The number of H-pyrrole nitrogens is 1. The van der Waals surface area contributed by atoms with E-state index in [-0.39, 0.29) is 0 Å². The Balaban J connectivity index is 1.69. The van der Waals surface area contributed by atoms with Crippen molar-refractivity contribution < 1.29 is 0 Å². The maximum Gasteiger partial charge on any atom is 0.110 e. The first kappa shape index (κ1) is 13.9. The minimum absolute atomic E-state index is 0.594. The molecule has 3 heteroatoms. The van der Waals surface area contributed by atoms with E-state index >= 15 is 0 Å². The molecule has 0 saturated heterocycles. The number of nitrogens with one attached hydrogen (secondary N) is 1. The molecule has 0 amide bonds. The summed E-state index contributed by atoms with van der Waals surface area (Å²) in [5.41, 5.74) is 2.00. The molecule has 0 radical (unpaired) electrons. The van der Waals surface area contributed by atoms with Crippen LogP contribution in [0, 0.1) is 5.92 Å². The molecule has 2 aromatic rings. The molecule has 1 aliphatic carbocycles. The van der Waals surface area contributed by atoms with Gasteiger partial charge in [-0.25, -0.2) is 4.98 Å². The maximum atomic E-state index is 6.21. The van der Waals surface area contributed by atoms with E-state index in [1.165, 1.54) is 44.9 Å². The van der Waals surface area contributed by atoms with Gasteiger partial charge < -0.3 is 4.98 Å². The van der Waals surface area contributed by atoms with Crippen LogP contribution in [0.25, 0.3) is 11.0 Å². The minimum atomic E-state index is 0.594. The molecule has 1 saturated carbocycles. The summed E-state index contributed by atoms with van der Waals surface area (Å²) in [6.45, 7) is 2.28. The van der Waals surface area contributed by atoms with Gasteiger partial charge in [0.05, 0.1) is 10.5 Å². The van der Waals surface area contributed by atoms with Crippen LogP contribution in [0.4, 0.5) is 0 Å². The standard InChI is InChI=1S/C17H23ClN2/c1-2-3-5-12-8-10-13(11-9-12)17-19-15-7-4-6-14(18)16(15)20-17/h4,6-7,12-13H,2-3,5,8-11H2,1H3,(H,19,20). The molecule has 0 spiro atoms. The van der Waals surface area contributed by atoms with Crippen LogP contribution in [-0.4, -0.2) is 9.97 Å². The molecule has 2 nitrogen and oxygen atoms in total. The van der Waals surface area contributed by atoms with Gasteiger partial charge >= 0.3 is 0 Å². The number of halogens is 1.